The fourth-order valence-electron chi connectivity index (χ4n) is 2.92. The number of carboxylic acids is 1. The van der Waals surface area contributed by atoms with E-state index in [1.54, 1.807) is 7.05 Å². The molecule has 0 aromatic rings. The highest BCUT2D eigenvalue weighted by atomic mass is 16.4. The fraction of sp³-hybridized carbons (Fsp3) is 0.929. The van der Waals surface area contributed by atoms with E-state index in [0.717, 1.165) is 19.3 Å². The maximum Gasteiger partial charge on any atom is 0.323 e. The quantitative estimate of drug-likeness (QED) is 0.789. The van der Waals surface area contributed by atoms with Crippen LogP contribution in [-0.4, -0.2) is 47.7 Å². The lowest BCUT2D eigenvalue weighted by Gasteiger charge is -2.43. The van der Waals surface area contributed by atoms with Crippen LogP contribution in [0.5, 0.6) is 0 Å². The van der Waals surface area contributed by atoms with Gasteiger partial charge >= 0.3 is 5.97 Å². The summed E-state index contributed by atoms with van der Waals surface area (Å²) in [5, 5.41) is 12.5. The van der Waals surface area contributed by atoms with Crippen molar-refractivity contribution in [1.82, 2.24) is 10.2 Å². The van der Waals surface area contributed by atoms with Crippen LogP contribution in [-0.2, 0) is 4.79 Å². The number of carboxylic acid groups (broad SMARTS) is 1. The second-order valence-electron chi connectivity index (χ2n) is 6.04. The highest BCUT2D eigenvalue weighted by Gasteiger charge is 2.43. The molecule has 0 spiro atoms. The van der Waals surface area contributed by atoms with E-state index in [2.05, 4.69) is 38.0 Å². The predicted molar refractivity (Wildman–Crippen MR) is 73.7 cm³/mol. The van der Waals surface area contributed by atoms with E-state index in [1.807, 2.05) is 0 Å². The monoisotopic (exact) mass is 256 g/mol. The molecular formula is C14H28N2O2. The van der Waals surface area contributed by atoms with Gasteiger partial charge in [0.1, 0.15) is 5.54 Å². The maximum absolute atomic E-state index is 11.5. The van der Waals surface area contributed by atoms with Crippen LogP contribution in [0.1, 0.15) is 46.5 Å². The molecule has 1 rings (SSSR count). The molecule has 0 heterocycles. The van der Waals surface area contributed by atoms with Gasteiger partial charge in [-0.15, -0.1) is 0 Å². The third kappa shape index (κ3) is 3.04. The smallest absolute Gasteiger partial charge is 0.323 e. The summed E-state index contributed by atoms with van der Waals surface area (Å²) in [5.74, 6) is -0.119. The van der Waals surface area contributed by atoms with Gasteiger partial charge in [0, 0.05) is 12.1 Å². The van der Waals surface area contributed by atoms with Gasteiger partial charge in [-0.1, -0.05) is 13.8 Å². The predicted octanol–water partition coefficient (Wildman–Crippen LogP) is 1.95. The van der Waals surface area contributed by atoms with Crippen molar-refractivity contribution >= 4 is 5.97 Å². The Kier molecular flexibility index (Phi) is 5.17. The molecule has 1 aliphatic carbocycles. The second kappa shape index (κ2) is 6.02. The first kappa shape index (κ1) is 15.4. The molecular weight excluding hydrogens is 228 g/mol. The molecule has 4 nitrogen and oxygen atoms in total. The Morgan fingerprint density at radius 1 is 1.44 bits per heavy atom. The number of hydrogen-bond acceptors (Lipinski definition) is 3. The lowest BCUT2D eigenvalue weighted by Crippen LogP contribution is -2.57. The number of aliphatic carboxylic acids is 1. The molecule has 18 heavy (non-hydrogen) atoms. The highest BCUT2D eigenvalue weighted by Crippen LogP contribution is 2.32. The zero-order valence-electron chi connectivity index (χ0n) is 12.4. The zero-order valence-corrected chi connectivity index (χ0v) is 12.4. The largest absolute Gasteiger partial charge is 0.480 e. The Morgan fingerprint density at radius 3 is 2.50 bits per heavy atom. The van der Waals surface area contributed by atoms with Crippen LogP contribution < -0.4 is 5.32 Å². The number of carbonyl (C=O) groups is 1. The number of hydrogen-bond donors (Lipinski definition) is 2. The van der Waals surface area contributed by atoms with Gasteiger partial charge < -0.3 is 15.3 Å². The van der Waals surface area contributed by atoms with Crippen molar-refractivity contribution in [1.29, 1.82) is 0 Å². The topological polar surface area (TPSA) is 52.6 Å². The van der Waals surface area contributed by atoms with Crippen LogP contribution >= 0.6 is 0 Å². The number of nitrogens with one attached hydrogen (secondary N) is 1. The van der Waals surface area contributed by atoms with Gasteiger partial charge in [0.15, 0.2) is 0 Å². The molecule has 0 radical (unpaired) electrons. The van der Waals surface area contributed by atoms with Gasteiger partial charge in [0.05, 0.1) is 0 Å². The summed E-state index contributed by atoms with van der Waals surface area (Å²) in [5.41, 5.74) is -0.728. The molecule has 106 valence electrons. The van der Waals surface area contributed by atoms with Crippen LogP contribution in [0.3, 0.4) is 0 Å². The van der Waals surface area contributed by atoms with Crippen LogP contribution in [0, 0.1) is 5.92 Å². The molecule has 0 amide bonds. The van der Waals surface area contributed by atoms with Crippen LogP contribution in [0.15, 0.2) is 0 Å². The summed E-state index contributed by atoms with van der Waals surface area (Å²) in [7, 11) is 3.89. The van der Waals surface area contributed by atoms with Crippen molar-refractivity contribution in [3.8, 4) is 0 Å². The van der Waals surface area contributed by atoms with Crippen molar-refractivity contribution in [2.24, 2.45) is 5.92 Å². The molecule has 0 aromatic heterocycles. The molecule has 1 fully saturated rings. The van der Waals surface area contributed by atoms with Gasteiger partial charge in [-0.2, -0.15) is 0 Å². The first-order valence-electron chi connectivity index (χ1n) is 6.98. The third-order valence-electron chi connectivity index (χ3n) is 4.80. The second-order valence-corrected chi connectivity index (χ2v) is 6.04. The Hall–Kier alpha value is -0.610. The Balaban J connectivity index is 2.77. The van der Waals surface area contributed by atoms with E-state index < -0.39 is 11.5 Å². The Morgan fingerprint density at radius 2 is 2.06 bits per heavy atom. The lowest BCUT2D eigenvalue weighted by atomic mass is 9.78. The summed E-state index contributed by atoms with van der Waals surface area (Å²) in [6.45, 7) is 6.65. The number of rotatable bonds is 5. The third-order valence-corrected chi connectivity index (χ3v) is 4.80. The molecule has 0 bridgehead atoms. The molecule has 1 aliphatic rings. The standard InChI is InChI=1S/C14H28N2O2/c1-10(2)11(3)16(5)12-7-6-8-14(9-12,15-4)13(17)18/h10-12,15H,6-9H2,1-5H3,(H,17,18). The van der Waals surface area contributed by atoms with E-state index >= 15 is 0 Å². The number of nitrogens with zero attached hydrogens (tertiary/aromatic N) is 1. The molecule has 2 N–H and O–H groups in total. The average Bonchev–Trinajstić information content (AvgIpc) is 2.36. The van der Waals surface area contributed by atoms with Crippen molar-refractivity contribution < 1.29 is 9.90 Å². The van der Waals surface area contributed by atoms with Crippen LogP contribution in [0.2, 0.25) is 0 Å². The van der Waals surface area contributed by atoms with Crippen molar-refractivity contribution in [3.63, 3.8) is 0 Å². The van der Waals surface area contributed by atoms with Crippen LogP contribution in [0.4, 0.5) is 0 Å². The summed E-state index contributed by atoms with van der Waals surface area (Å²) >= 11 is 0. The minimum Gasteiger partial charge on any atom is -0.480 e. The first-order chi connectivity index (χ1) is 8.34. The van der Waals surface area contributed by atoms with Gasteiger partial charge in [0.2, 0.25) is 0 Å². The SMILES string of the molecule is CNC1(C(=O)O)CCCC(N(C)C(C)C(C)C)C1. The Labute approximate surface area is 111 Å². The zero-order chi connectivity index (χ0) is 13.9. The minimum atomic E-state index is -0.728. The van der Waals surface area contributed by atoms with E-state index in [1.165, 1.54) is 0 Å². The summed E-state index contributed by atoms with van der Waals surface area (Å²) in [6.07, 6.45) is 3.52. The van der Waals surface area contributed by atoms with E-state index in [-0.39, 0.29) is 0 Å². The molecule has 4 heteroatoms. The Bertz CT molecular complexity index is 294. The summed E-state index contributed by atoms with van der Waals surface area (Å²) in [4.78, 5) is 13.9. The van der Waals surface area contributed by atoms with E-state index in [4.69, 9.17) is 0 Å². The average molecular weight is 256 g/mol. The highest BCUT2D eigenvalue weighted by molar-refractivity contribution is 5.79. The lowest BCUT2D eigenvalue weighted by molar-refractivity contribution is -0.147. The summed E-state index contributed by atoms with van der Waals surface area (Å²) in [6, 6.07) is 0.844. The maximum atomic E-state index is 11.5. The van der Waals surface area contributed by atoms with Crippen molar-refractivity contribution in [3.05, 3.63) is 0 Å². The molecule has 0 aromatic carbocycles. The molecule has 0 saturated heterocycles. The molecule has 3 unspecified atom stereocenters. The first-order valence-corrected chi connectivity index (χ1v) is 6.98. The van der Waals surface area contributed by atoms with Crippen LogP contribution in [0.25, 0.3) is 0 Å². The van der Waals surface area contributed by atoms with Crippen molar-refractivity contribution in [2.75, 3.05) is 14.1 Å². The molecule has 1 saturated carbocycles. The summed E-state index contributed by atoms with van der Waals surface area (Å²) < 4.78 is 0. The van der Waals surface area contributed by atoms with E-state index in [0.29, 0.717) is 24.4 Å². The van der Waals surface area contributed by atoms with Gasteiger partial charge in [-0.3, -0.25) is 4.79 Å². The van der Waals surface area contributed by atoms with Gasteiger partial charge in [0.25, 0.3) is 0 Å². The normalized spacial score (nSPS) is 30.7. The molecule has 0 aliphatic heterocycles. The number of likely N-dealkylation sites (N-methyl/N-ethyl adjacent to an activating group) is 1. The van der Waals surface area contributed by atoms with Crippen molar-refractivity contribution in [2.45, 2.75) is 64.1 Å². The fourth-order valence-corrected chi connectivity index (χ4v) is 2.92. The van der Waals surface area contributed by atoms with Gasteiger partial charge in [-0.25, -0.2) is 0 Å². The van der Waals surface area contributed by atoms with E-state index in [9.17, 15) is 9.90 Å². The minimum absolute atomic E-state index is 0.361. The van der Waals surface area contributed by atoms with Gasteiger partial charge in [-0.05, 0) is 52.6 Å². The molecule has 3 atom stereocenters.